The van der Waals surface area contributed by atoms with E-state index in [2.05, 4.69) is 0 Å². The molecule has 1 N–H and O–H groups in total. The van der Waals surface area contributed by atoms with Gasteiger partial charge in [-0.3, -0.25) is 4.79 Å². The van der Waals surface area contributed by atoms with Crippen LogP contribution in [0.5, 0.6) is 0 Å². The van der Waals surface area contributed by atoms with Crippen molar-refractivity contribution in [2.45, 2.75) is 6.92 Å². The maximum atomic E-state index is 12.3. The summed E-state index contributed by atoms with van der Waals surface area (Å²) in [6.45, 7) is 1.81. The lowest BCUT2D eigenvalue weighted by Crippen LogP contribution is -2.04. The zero-order valence-corrected chi connectivity index (χ0v) is 12.3. The van der Waals surface area contributed by atoms with Crippen LogP contribution in [0.25, 0.3) is 22.3 Å². The summed E-state index contributed by atoms with van der Waals surface area (Å²) in [6.07, 6.45) is 0. The molecule has 0 unspecified atom stereocenters. The summed E-state index contributed by atoms with van der Waals surface area (Å²) in [5.74, 6) is -0.858. The molecule has 3 rings (SSSR count). The van der Waals surface area contributed by atoms with E-state index in [1.807, 2.05) is 0 Å². The Morgan fingerprint density at radius 3 is 2.64 bits per heavy atom. The molecule has 0 radical (unpaired) electrons. The molecule has 0 atom stereocenters. The first-order valence-electron chi connectivity index (χ1n) is 6.54. The Kier molecular flexibility index (Phi) is 3.47. The molecule has 2 aromatic carbocycles. The molecule has 0 amide bonds. The normalized spacial score (nSPS) is 10.8. The second-order valence-corrected chi connectivity index (χ2v) is 5.33. The minimum Gasteiger partial charge on any atom is -0.478 e. The number of benzene rings is 2. The van der Waals surface area contributed by atoms with Gasteiger partial charge in [0, 0.05) is 16.7 Å². The van der Waals surface area contributed by atoms with Crippen LogP contribution in [-0.2, 0) is 0 Å². The molecular weight excluding hydrogens is 304 g/mol. The Hall–Kier alpha value is -2.59. The van der Waals surface area contributed by atoms with Crippen LogP contribution < -0.4 is 5.43 Å². The van der Waals surface area contributed by atoms with Gasteiger partial charge < -0.3 is 9.52 Å². The number of carbonyl (C=O) groups is 1. The summed E-state index contributed by atoms with van der Waals surface area (Å²) in [7, 11) is 0. The van der Waals surface area contributed by atoms with Crippen molar-refractivity contribution in [3.05, 3.63) is 68.8 Å². The number of aromatic carboxylic acids is 1. The van der Waals surface area contributed by atoms with Gasteiger partial charge in [0.2, 0.25) is 0 Å². The minimum atomic E-state index is -1.08. The first kappa shape index (κ1) is 14.4. The Balaban J connectivity index is 2.32. The topological polar surface area (TPSA) is 67.5 Å². The van der Waals surface area contributed by atoms with Crippen LogP contribution in [0.1, 0.15) is 15.9 Å². The van der Waals surface area contributed by atoms with Crippen LogP contribution in [0.3, 0.4) is 0 Å². The van der Waals surface area contributed by atoms with E-state index in [0.29, 0.717) is 21.6 Å². The average molecular weight is 315 g/mol. The van der Waals surface area contributed by atoms with E-state index in [-0.39, 0.29) is 16.8 Å². The highest BCUT2D eigenvalue weighted by Crippen LogP contribution is 2.28. The summed E-state index contributed by atoms with van der Waals surface area (Å²) in [5.41, 5.74) is 1.33. The number of hydrogen-bond donors (Lipinski definition) is 1. The molecule has 0 aliphatic rings. The SMILES string of the molecule is Cc1cc2oc(-c3ccccc3C(=O)O)cc(=O)c2cc1Cl. The highest BCUT2D eigenvalue weighted by atomic mass is 35.5. The van der Waals surface area contributed by atoms with Crippen molar-refractivity contribution in [2.75, 3.05) is 0 Å². The van der Waals surface area contributed by atoms with Gasteiger partial charge >= 0.3 is 5.97 Å². The number of halogens is 1. The molecule has 0 aliphatic carbocycles. The van der Waals surface area contributed by atoms with Gasteiger partial charge in [-0.1, -0.05) is 29.8 Å². The van der Waals surface area contributed by atoms with Gasteiger partial charge in [0.05, 0.1) is 10.9 Å². The van der Waals surface area contributed by atoms with E-state index in [1.54, 1.807) is 37.3 Å². The van der Waals surface area contributed by atoms with E-state index in [4.69, 9.17) is 16.0 Å². The fraction of sp³-hybridized carbons (Fsp3) is 0.0588. The average Bonchev–Trinajstić information content (AvgIpc) is 2.49. The fourth-order valence-electron chi connectivity index (χ4n) is 2.29. The van der Waals surface area contributed by atoms with Gasteiger partial charge in [0.1, 0.15) is 11.3 Å². The van der Waals surface area contributed by atoms with Crippen LogP contribution in [0, 0.1) is 6.92 Å². The molecule has 0 aliphatic heterocycles. The van der Waals surface area contributed by atoms with Crippen molar-refractivity contribution in [1.29, 1.82) is 0 Å². The molecule has 0 spiro atoms. The fourth-order valence-corrected chi connectivity index (χ4v) is 2.46. The van der Waals surface area contributed by atoms with Gasteiger partial charge in [0.15, 0.2) is 5.43 Å². The third kappa shape index (κ3) is 2.38. The van der Waals surface area contributed by atoms with Crippen molar-refractivity contribution in [3.8, 4) is 11.3 Å². The van der Waals surface area contributed by atoms with Crippen molar-refractivity contribution >= 4 is 28.5 Å². The van der Waals surface area contributed by atoms with Crippen molar-refractivity contribution in [2.24, 2.45) is 0 Å². The number of rotatable bonds is 2. The van der Waals surface area contributed by atoms with E-state index >= 15 is 0 Å². The molecule has 0 saturated carbocycles. The third-order valence-corrected chi connectivity index (χ3v) is 3.84. The quantitative estimate of drug-likeness (QED) is 0.772. The van der Waals surface area contributed by atoms with Crippen molar-refractivity contribution in [1.82, 2.24) is 0 Å². The summed E-state index contributed by atoms with van der Waals surface area (Å²) in [5, 5.41) is 10.1. The Bertz CT molecular complexity index is 957. The highest BCUT2D eigenvalue weighted by molar-refractivity contribution is 6.32. The van der Waals surface area contributed by atoms with Crippen LogP contribution >= 0.6 is 11.6 Å². The van der Waals surface area contributed by atoms with Gasteiger partial charge in [-0.05, 0) is 30.7 Å². The van der Waals surface area contributed by atoms with E-state index in [9.17, 15) is 14.7 Å². The molecule has 110 valence electrons. The van der Waals surface area contributed by atoms with E-state index < -0.39 is 5.97 Å². The maximum Gasteiger partial charge on any atom is 0.336 e. The highest BCUT2D eigenvalue weighted by Gasteiger charge is 2.15. The Morgan fingerprint density at radius 1 is 1.18 bits per heavy atom. The monoisotopic (exact) mass is 314 g/mol. The van der Waals surface area contributed by atoms with Crippen LogP contribution in [0.4, 0.5) is 0 Å². The Morgan fingerprint density at radius 2 is 1.91 bits per heavy atom. The first-order valence-corrected chi connectivity index (χ1v) is 6.92. The standard InChI is InChI=1S/C17H11ClO4/c1-9-6-15-12(7-13(9)18)14(19)8-16(22-15)10-4-2-3-5-11(10)17(20)21/h2-8H,1H3,(H,20,21). The van der Waals surface area contributed by atoms with Crippen molar-refractivity contribution < 1.29 is 14.3 Å². The molecule has 3 aromatic rings. The van der Waals surface area contributed by atoms with Crippen molar-refractivity contribution in [3.63, 3.8) is 0 Å². The van der Waals surface area contributed by atoms with Gasteiger partial charge in [-0.2, -0.15) is 0 Å². The molecule has 4 nitrogen and oxygen atoms in total. The summed E-state index contributed by atoms with van der Waals surface area (Å²) in [6, 6.07) is 10.9. The largest absolute Gasteiger partial charge is 0.478 e. The van der Waals surface area contributed by atoms with Gasteiger partial charge in [-0.25, -0.2) is 4.79 Å². The molecule has 5 heteroatoms. The number of carboxylic acids is 1. The maximum absolute atomic E-state index is 12.3. The zero-order valence-electron chi connectivity index (χ0n) is 11.6. The lowest BCUT2D eigenvalue weighted by molar-refractivity contribution is 0.0697. The molecular formula is C17H11ClO4. The molecule has 22 heavy (non-hydrogen) atoms. The molecule has 0 bridgehead atoms. The summed E-state index contributed by atoms with van der Waals surface area (Å²) in [4.78, 5) is 23.6. The second kappa shape index (κ2) is 5.31. The second-order valence-electron chi connectivity index (χ2n) is 4.92. The lowest BCUT2D eigenvalue weighted by atomic mass is 10.0. The Labute approximate surface area is 130 Å². The molecule has 0 saturated heterocycles. The lowest BCUT2D eigenvalue weighted by Gasteiger charge is -2.07. The predicted octanol–water partition coefficient (Wildman–Crippen LogP) is 4.12. The van der Waals surface area contributed by atoms with Crippen LogP contribution in [0.15, 0.2) is 51.7 Å². The van der Waals surface area contributed by atoms with Crippen LogP contribution in [-0.4, -0.2) is 11.1 Å². The van der Waals surface area contributed by atoms with Gasteiger partial charge in [0.25, 0.3) is 0 Å². The summed E-state index contributed by atoms with van der Waals surface area (Å²) < 4.78 is 5.73. The summed E-state index contributed by atoms with van der Waals surface area (Å²) >= 11 is 6.02. The number of hydrogen-bond acceptors (Lipinski definition) is 3. The minimum absolute atomic E-state index is 0.0793. The molecule has 1 heterocycles. The third-order valence-electron chi connectivity index (χ3n) is 3.43. The smallest absolute Gasteiger partial charge is 0.336 e. The number of fused-ring (bicyclic) bond motifs is 1. The first-order chi connectivity index (χ1) is 10.5. The zero-order chi connectivity index (χ0) is 15.9. The molecule has 0 fully saturated rings. The number of carboxylic acid groups (broad SMARTS) is 1. The van der Waals surface area contributed by atoms with Gasteiger partial charge in [-0.15, -0.1) is 0 Å². The number of aryl methyl sites for hydroxylation is 1. The molecule has 1 aromatic heterocycles. The van der Waals surface area contributed by atoms with Crippen LogP contribution in [0.2, 0.25) is 5.02 Å². The predicted molar refractivity (Wildman–Crippen MR) is 84.6 cm³/mol. The van der Waals surface area contributed by atoms with E-state index in [0.717, 1.165) is 5.56 Å². The van der Waals surface area contributed by atoms with E-state index in [1.165, 1.54) is 12.1 Å².